The van der Waals surface area contributed by atoms with Crippen LogP contribution in [0.1, 0.15) is 6.92 Å². The number of benzene rings is 2. The number of rotatable bonds is 2. The van der Waals surface area contributed by atoms with Crippen LogP contribution < -0.4 is 5.32 Å². The van der Waals surface area contributed by atoms with Crippen molar-refractivity contribution in [2.45, 2.75) is 13.2 Å². The second-order valence-electron chi connectivity index (χ2n) is 4.92. The van der Waals surface area contributed by atoms with Gasteiger partial charge in [0, 0.05) is 6.54 Å². The predicted octanol–water partition coefficient (Wildman–Crippen LogP) is 5.86. The molecule has 0 heterocycles. The van der Waals surface area contributed by atoms with Crippen LogP contribution in [-0.2, 0) is 0 Å². The molecule has 0 atom stereocenters. The molecule has 0 aliphatic heterocycles. The van der Waals surface area contributed by atoms with Crippen LogP contribution in [-0.4, -0.2) is 12.8 Å². The molecule has 0 amide bonds. The van der Waals surface area contributed by atoms with Gasteiger partial charge in [-0.3, -0.25) is 0 Å². The minimum Gasteiger partial charge on any atom is -0.228 e. The van der Waals surface area contributed by atoms with Gasteiger partial charge in [-0.25, -0.2) is 49.2 Å². The van der Waals surface area contributed by atoms with E-state index >= 15 is 0 Å². The summed E-state index contributed by atoms with van der Waals surface area (Å²) in [5.41, 5.74) is -4.52. The highest BCUT2D eigenvalue weighted by molar-refractivity contribution is 5.67. The summed E-state index contributed by atoms with van der Waals surface area (Å²) in [6, 6.07) is 0. The molecule has 0 aromatic heterocycles. The third kappa shape index (κ3) is 4.92. The SMILES string of the molecule is CCNC(F)(F)F.Fc1c(F)c(F)c(-c2c(F)c(F)c(F)c(F)c2F)c(F)c1F. The summed E-state index contributed by atoms with van der Waals surface area (Å²) in [5.74, 6) is -26.6. The summed E-state index contributed by atoms with van der Waals surface area (Å²) in [6.07, 6.45) is -4.20. The Kier molecular flexibility index (Phi) is 7.51. The Labute approximate surface area is 152 Å². The van der Waals surface area contributed by atoms with Gasteiger partial charge in [0.1, 0.15) is 0 Å². The van der Waals surface area contributed by atoms with E-state index in [4.69, 9.17) is 0 Å². The van der Waals surface area contributed by atoms with Crippen LogP contribution in [0.2, 0.25) is 0 Å². The van der Waals surface area contributed by atoms with E-state index < -0.39 is 75.6 Å². The number of halogens is 13. The molecule has 0 spiro atoms. The largest absolute Gasteiger partial charge is 0.457 e. The fraction of sp³-hybridized carbons (Fsp3) is 0.200. The van der Waals surface area contributed by atoms with Crippen LogP contribution in [0.15, 0.2) is 0 Å². The highest BCUT2D eigenvalue weighted by Crippen LogP contribution is 2.37. The fourth-order valence-corrected chi connectivity index (χ4v) is 1.85. The Hall–Kier alpha value is -2.51. The van der Waals surface area contributed by atoms with Gasteiger partial charge in [-0.2, -0.15) is 13.2 Å². The molecule has 0 aliphatic carbocycles. The first kappa shape index (κ1) is 24.5. The van der Waals surface area contributed by atoms with E-state index in [0.29, 0.717) is 0 Å². The molecule has 0 radical (unpaired) electrons. The Morgan fingerprint density at radius 3 is 0.828 bits per heavy atom. The van der Waals surface area contributed by atoms with Gasteiger partial charge in [0.15, 0.2) is 46.5 Å². The lowest BCUT2D eigenvalue weighted by Crippen LogP contribution is -2.30. The molecule has 14 heteroatoms. The van der Waals surface area contributed by atoms with E-state index in [0.717, 1.165) is 0 Å². The molecule has 0 aliphatic rings. The van der Waals surface area contributed by atoms with Gasteiger partial charge in [0.25, 0.3) is 0 Å². The highest BCUT2D eigenvalue weighted by Gasteiger charge is 2.34. The molecule has 0 saturated heterocycles. The van der Waals surface area contributed by atoms with Crippen molar-refractivity contribution < 1.29 is 57.1 Å². The fourth-order valence-electron chi connectivity index (χ4n) is 1.85. The number of hydrogen-bond donors (Lipinski definition) is 1. The van der Waals surface area contributed by atoms with Crippen molar-refractivity contribution >= 4 is 0 Å². The zero-order valence-corrected chi connectivity index (χ0v) is 13.6. The summed E-state index contributed by atoms with van der Waals surface area (Å²) in [5, 5.41) is 1.28. The predicted molar refractivity (Wildman–Crippen MR) is 71.2 cm³/mol. The summed E-state index contributed by atoms with van der Waals surface area (Å²) in [4.78, 5) is 0. The minimum absolute atomic E-state index is 0.0660. The molecule has 0 fully saturated rings. The zero-order chi connectivity index (χ0) is 22.8. The molecular formula is C15H6F13N. The van der Waals surface area contributed by atoms with Crippen LogP contribution in [0, 0.1) is 58.2 Å². The Balaban J connectivity index is 0.000000516. The van der Waals surface area contributed by atoms with Crippen LogP contribution >= 0.6 is 0 Å². The van der Waals surface area contributed by atoms with Crippen molar-refractivity contribution in [2.24, 2.45) is 0 Å². The molecule has 0 bridgehead atoms. The molecule has 0 unspecified atom stereocenters. The third-order valence-corrected chi connectivity index (χ3v) is 3.05. The summed E-state index contributed by atoms with van der Waals surface area (Å²) < 4.78 is 164. The first-order valence-electron chi connectivity index (χ1n) is 7.02. The summed E-state index contributed by atoms with van der Waals surface area (Å²) in [6.45, 7) is 1.33. The maximum absolute atomic E-state index is 13.4. The average Bonchev–Trinajstić information content (AvgIpc) is 2.63. The van der Waals surface area contributed by atoms with Gasteiger partial charge in [0.05, 0.1) is 11.1 Å². The van der Waals surface area contributed by atoms with E-state index in [1.54, 1.807) is 0 Å². The second-order valence-corrected chi connectivity index (χ2v) is 4.92. The van der Waals surface area contributed by atoms with Crippen molar-refractivity contribution in [3.63, 3.8) is 0 Å². The lowest BCUT2D eigenvalue weighted by atomic mass is 10.0. The normalized spacial score (nSPS) is 11.4. The van der Waals surface area contributed by atoms with Crippen molar-refractivity contribution in [3.8, 4) is 11.1 Å². The lowest BCUT2D eigenvalue weighted by molar-refractivity contribution is -0.155. The first-order valence-corrected chi connectivity index (χ1v) is 7.02. The van der Waals surface area contributed by atoms with E-state index in [2.05, 4.69) is 0 Å². The van der Waals surface area contributed by atoms with Crippen LogP contribution in [0.3, 0.4) is 0 Å². The quantitative estimate of drug-likeness (QED) is 0.263. The number of nitrogens with one attached hydrogen (secondary N) is 1. The van der Waals surface area contributed by atoms with E-state index in [-0.39, 0.29) is 6.54 Å². The van der Waals surface area contributed by atoms with Crippen LogP contribution in [0.25, 0.3) is 11.1 Å². The first-order chi connectivity index (χ1) is 13.2. The van der Waals surface area contributed by atoms with E-state index in [9.17, 15) is 57.1 Å². The van der Waals surface area contributed by atoms with Gasteiger partial charge in [0.2, 0.25) is 11.6 Å². The van der Waals surface area contributed by atoms with Crippen molar-refractivity contribution in [2.75, 3.05) is 6.54 Å². The standard InChI is InChI=1S/C12F10.C3H6F3N/c13-3-1(4(14)8(18)11(21)7(3)17)2-5(15)9(19)12(22)10(20)6(2)16;1-2-7-3(4,5)6/h;7H,2H2,1H3. The van der Waals surface area contributed by atoms with Gasteiger partial charge < -0.3 is 0 Å². The van der Waals surface area contributed by atoms with Crippen LogP contribution in [0.4, 0.5) is 57.1 Å². The summed E-state index contributed by atoms with van der Waals surface area (Å²) in [7, 11) is 0. The van der Waals surface area contributed by atoms with Crippen molar-refractivity contribution in [3.05, 3.63) is 58.2 Å². The Morgan fingerprint density at radius 1 is 0.483 bits per heavy atom. The molecular weight excluding hydrogens is 441 g/mol. The maximum Gasteiger partial charge on any atom is 0.457 e. The monoisotopic (exact) mass is 447 g/mol. The molecule has 1 nitrogen and oxygen atoms in total. The van der Waals surface area contributed by atoms with Crippen molar-refractivity contribution in [1.82, 2.24) is 5.32 Å². The molecule has 29 heavy (non-hydrogen) atoms. The Morgan fingerprint density at radius 2 is 0.690 bits per heavy atom. The molecule has 2 aromatic carbocycles. The van der Waals surface area contributed by atoms with Gasteiger partial charge >= 0.3 is 6.30 Å². The van der Waals surface area contributed by atoms with Gasteiger partial charge in [-0.05, 0) is 0 Å². The van der Waals surface area contributed by atoms with Gasteiger partial charge in [-0.1, -0.05) is 6.92 Å². The van der Waals surface area contributed by atoms with Gasteiger partial charge in [-0.15, -0.1) is 0 Å². The second kappa shape index (κ2) is 8.88. The van der Waals surface area contributed by atoms with E-state index in [1.165, 1.54) is 12.2 Å². The molecule has 162 valence electrons. The lowest BCUT2D eigenvalue weighted by Gasteiger charge is -2.11. The average molecular weight is 447 g/mol. The maximum atomic E-state index is 13.4. The number of alkyl halides is 3. The highest BCUT2D eigenvalue weighted by atomic mass is 19.4. The van der Waals surface area contributed by atoms with E-state index in [1.807, 2.05) is 0 Å². The molecule has 0 saturated carbocycles. The zero-order valence-electron chi connectivity index (χ0n) is 13.6. The minimum atomic E-state index is -4.20. The van der Waals surface area contributed by atoms with Crippen LogP contribution in [0.5, 0.6) is 0 Å². The smallest absolute Gasteiger partial charge is 0.228 e. The number of hydrogen-bond acceptors (Lipinski definition) is 1. The Bertz CT molecular complexity index is 794. The molecule has 2 aromatic rings. The molecule has 1 N–H and O–H groups in total. The topological polar surface area (TPSA) is 12.0 Å². The van der Waals surface area contributed by atoms with Crippen molar-refractivity contribution in [1.29, 1.82) is 0 Å². The molecule has 2 rings (SSSR count). The third-order valence-electron chi connectivity index (χ3n) is 3.05. The summed E-state index contributed by atoms with van der Waals surface area (Å²) >= 11 is 0.